The average molecular weight is 466 g/mol. The predicted octanol–water partition coefficient (Wildman–Crippen LogP) is 3.67. The molecule has 0 radical (unpaired) electrons. The zero-order chi connectivity index (χ0) is 23.5. The fourth-order valence-electron chi connectivity index (χ4n) is 3.81. The van der Waals surface area contributed by atoms with Crippen LogP contribution in [0.4, 0.5) is 11.4 Å². The van der Waals surface area contributed by atoms with Gasteiger partial charge in [-0.1, -0.05) is 41.9 Å². The van der Waals surface area contributed by atoms with Crippen molar-refractivity contribution in [3.63, 3.8) is 0 Å². The third-order valence-electron chi connectivity index (χ3n) is 5.64. The molecule has 0 spiro atoms. The van der Waals surface area contributed by atoms with Crippen LogP contribution < -0.4 is 16.0 Å². The van der Waals surface area contributed by atoms with Gasteiger partial charge in [0.15, 0.2) is 0 Å². The molecule has 2 aromatic carbocycles. The van der Waals surface area contributed by atoms with Crippen LogP contribution in [-0.4, -0.2) is 33.5 Å². The zero-order valence-corrected chi connectivity index (χ0v) is 19.1. The Labute approximate surface area is 196 Å². The van der Waals surface area contributed by atoms with Crippen molar-refractivity contribution in [2.24, 2.45) is 0 Å². The van der Waals surface area contributed by atoms with Crippen LogP contribution in [0.2, 0.25) is 5.02 Å². The van der Waals surface area contributed by atoms with Crippen molar-refractivity contribution >= 4 is 40.7 Å². The second-order valence-electron chi connectivity index (χ2n) is 7.94. The summed E-state index contributed by atoms with van der Waals surface area (Å²) in [5.41, 5.74) is 3.91. The minimum absolute atomic E-state index is 0.0588. The number of carbonyl (C=O) groups excluding carboxylic acids is 3. The highest BCUT2D eigenvalue weighted by Gasteiger charge is 2.28. The van der Waals surface area contributed by atoms with Gasteiger partial charge in [-0.15, -0.1) is 0 Å². The first-order chi connectivity index (χ1) is 15.8. The quantitative estimate of drug-likeness (QED) is 0.516. The molecule has 3 aromatic rings. The maximum atomic E-state index is 12.7. The summed E-state index contributed by atoms with van der Waals surface area (Å²) in [5.74, 6) is -0.953. The zero-order valence-electron chi connectivity index (χ0n) is 18.3. The summed E-state index contributed by atoms with van der Waals surface area (Å²) in [4.78, 5) is 37.6. The average Bonchev–Trinajstić information content (AvgIpc) is 2.97. The highest BCUT2D eigenvalue weighted by atomic mass is 35.5. The topological polar surface area (TPSA) is 105 Å². The number of hydrogen-bond acceptors (Lipinski definition) is 4. The van der Waals surface area contributed by atoms with Crippen LogP contribution in [0.1, 0.15) is 40.2 Å². The molecular formula is C24H24ClN5O3. The lowest BCUT2D eigenvalue weighted by Crippen LogP contribution is -2.41. The van der Waals surface area contributed by atoms with Crippen LogP contribution in [0, 0.1) is 13.8 Å². The molecule has 3 N–H and O–H groups in total. The number of fused-ring (bicyclic) bond motifs is 1. The minimum Gasteiger partial charge on any atom is -0.340 e. The van der Waals surface area contributed by atoms with Crippen LogP contribution in [0.3, 0.4) is 0 Å². The fourth-order valence-corrected chi connectivity index (χ4v) is 4.01. The number of carbonyl (C=O) groups is 3. The summed E-state index contributed by atoms with van der Waals surface area (Å²) in [6, 6.07) is 13.5. The molecule has 9 heteroatoms. The number of aryl methyl sites for hydroxylation is 1. The summed E-state index contributed by atoms with van der Waals surface area (Å²) in [7, 11) is 0. The summed E-state index contributed by atoms with van der Waals surface area (Å²) in [6.45, 7) is 4.18. The number of hydrogen-bond donors (Lipinski definition) is 3. The maximum absolute atomic E-state index is 12.7. The highest BCUT2D eigenvalue weighted by molar-refractivity contribution is 6.31. The summed E-state index contributed by atoms with van der Waals surface area (Å²) < 4.78 is 1.79. The molecule has 1 aliphatic heterocycles. The van der Waals surface area contributed by atoms with E-state index in [-0.39, 0.29) is 30.6 Å². The standard InChI is InChI=1S/C24H24ClN5O3/c1-14-22(15(2)30(29-14)13-16-7-3-5-9-18(16)25)28-21(31)12-11-20-24(33)26-19-10-6-4-8-17(19)23(32)27-20/h3-10,20H,11-13H2,1-2H3,(H,26,33)(H,27,32)(H,28,31). The summed E-state index contributed by atoms with van der Waals surface area (Å²) in [5, 5.41) is 13.5. The number of nitrogens with one attached hydrogen (secondary N) is 3. The molecule has 3 amide bonds. The lowest BCUT2D eigenvalue weighted by Gasteiger charge is -2.14. The van der Waals surface area contributed by atoms with Crippen molar-refractivity contribution in [3.8, 4) is 0 Å². The Kier molecular flexibility index (Phi) is 6.46. The van der Waals surface area contributed by atoms with E-state index in [0.717, 1.165) is 11.3 Å². The molecule has 4 rings (SSSR count). The number of benzene rings is 2. The molecule has 170 valence electrons. The molecule has 33 heavy (non-hydrogen) atoms. The second kappa shape index (κ2) is 9.46. The Morgan fingerprint density at radius 2 is 1.85 bits per heavy atom. The lowest BCUT2D eigenvalue weighted by molar-refractivity contribution is -0.118. The first-order valence-corrected chi connectivity index (χ1v) is 11.0. The Hall–Kier alpha value is -3.65. The van der Waals surface area contributed by atoms with E-state index < -0.39 is 6.04 Å². The van der Waals surface area contributed by atoms with Gasteiger partial charge in [-0.2, -0.15) is 5.10 Å². The van der Waals surface area contributed by atoms with Crippen LogP contribution in [0.25, 0.3) is 0 Å². The third-order valence-corrected chi connectivity index (χ3v) is 6.00. The van der Waals surface area contributed by atoms with Crippen LogP contribution in [0.5, 0.6) is 0 Å². The lowest BCUT2D eigenvalue weighted by atomic mass is 10.1. The van der Waals surface area contributed by atoms with Gasteiger partial charge >= 0.3 is 0 Å². The summed E-state index contributed by atoms with van der Waals surface area (Å²) in [6.07, 6.45) is 0.229. The number of nitrogens with zero attached hydrogens (tertiary/aromatic N) is 2. The van der Waals surface area contributed by atoms with E-state index in [2.05, 4.69) is 21.0 Å². The molecule has 0 saturated heterocycles. The van der Waals surface area contributed by atoms with E-state index in [4.69, 9.17) is 11.6 Å². The first kappa shape index (κ1) is 22.5. The molecule has 0 bridgehead atoms. The molecular weight excluding hydrogens is 442 g/mol. The first-order valence-electron chi connectivity index (χ1n) is 10.6. The van der Waals surface area contributed by atoms with E-state index >= 15 is 0 Å². The maximum Gasteiger partial charge on any atom is 0.254 e. The van der Waals surface area contributed by atoms with Gasteiger partial charge in [-0.05, 0) is 44.0 Å². The van der Waals surface area contributed by atoms with Crippen molar-refractivity contribution in [2.45, 2.75) is 39.3 Å². The molecule has 2 heterocycles. The number of aromatic nitrogens is 2. The van der Waals surface area contributed by atoms with E-state index in [1.54, 1.807) is 28.9 Å². The van der Waals surface area contributed by atoms with E-state index in [1.165, 1.54) is 0 Å². The van der Waals surface area contributed by atoms with E-state index in [0.29, 0.717) is 34.2 Å². The molecule has 1 atom stereocenters. The SMILES string of the molecule is Cc1nn(Cc2ccccc2Cl)c(C)c1NC(=O)CCC1NC(=O)c2ccccc2NC1=O. The Balaban J connectivity index is 1.39. The number of halogens is 1. The highest BCUT2D eigenvalue weighted by Crippen LogP contribution is 2.24. The van der Waals surface area contributed by atoms with Crippen molar-refractivity contribution in [3.05, 3.63) is 76.1 Å². The van der Waals surface area contributed by atoms with Gasteiger partial charge < -0.3 is 16.0 Å². The number of anilines is 2. The monoisotopic (exact) mass is 465 g/mol. The molecule has 0 saturated carbocycles. The Morgan fingerprint density at radius 3 is 2.64 bits per heavy atom. The number of amides is 3. The van der Waals surface area contributed by atoms with Gasteiger partial charge in [0, 0.05) is 11.4 Å². The molecule has 0 fully saturated rings. The van der Waals surface area contributed by atoms with Gasteiger partial charge in [-0.3, -0.25) is 19.1 Å². The molecule has 1 unspecified atom stereocenters. The van der Waals surface area contributed by atoms with Gasteiger partial charge in [0.25, 0.3) is 5.91 Å². The molecule has 1 aliphatic rings. The Morgan fingerprint density at radius 1 is 1.12 bits per heavy atom. The second-order valence-corrected chi connectivity index (χ2v) is 8.35. The smallest absolute Gasteiger partial charge is 0.254 e. The van der Waals surface area contributed by atoms with Crippen molar-refractivity contribution < 1.29 is 14.4 Å². The molecule has 1 aromatic heterocycles. The van der Waals surface area contributed by atoms with Crippen LogP contribution in [0.15, 0.2) is 48.5 Å². The van der Waals surface area contributed by atoms with Gasteiger partial charge in [-0.25, -0.2) is 0 Å². The van der Waals surface area contributed by atoms with Crippen molar-refractivity contribution in [1.29, 1.82) is 0 Å². The predicted molar refractivity (Wildman–Crippen MR) is 126 cm³/mol. The third kappa shape index (κ3) is 4.90. The molecule has 8 nitrogen and oxygen atoms in total. The molecule has 0 aliphatic carbocycles. The normalized spacial score (nSPS) is 15.3. The van der Waals surface area contributed by atoms with Gasteiger partial charge in [0.05, 0.1) is 34.9 Å². The number of rotatable bonds is 6. The van der Waals surface area contributed by atoms with E-state index in [1.807, 2.05) is 38.1 Å². The minimum atomic E-state index is -0.805. The summed E-state index contributed by atoms with van der Waals surface area (Å²) >= 11 is 6.26. The van der Waals surface area contributed by atoms with Crippen LogP contribution in [-0.2, 0) is 16.1 Å². The van der Waals surface area contributed by atoms with E-state index in [9.17, 15) is 14.4 Å². The van der Waals surface area contributed by atoms with Gasteiger partial charge in [0.1, 0.15) is 6.04 Å². The largest absolute Gasteiger partial charge is 0.340 e. The Bertz CT molecular complexity index is 1240. The fraction of sp³-hybridized carbons (Fsp3) is 0.250. The van der Waals surface area contributed by atoms with Crippen LogP contribution >= 0.6 is 11.6 Å². The van der Waals surface area contributed by atoms with Gasteiger partial charge in [0.2, 0.25) is 11.8 Å². The van der Waals surface area contributed by atoms with Crippen molar-refractivity contribution in [2.75, 3.05) is 10.6 Å². The number of para-hydroxylation sites is 1. The van der Waals surface area contributed by atoms with Crippen molar-refractivity contribution in [1.82, 2.24) is 15.1 Å².